The Bertz CT molecular complexity index is 1150. The van der Waals surface area contributed by atoms with Crippen molar-refractivity contribution < 1.29 is 13.3 Å². The van der Waals surface area contributed by atoms with Crippen molar-refractivity contribution in [2.24, 2.45) is 0 Å². The molecule has 3 aromatic rings. The monoisotopic (exact) mass is 402 g/mol. The van der Waals surface area contributed by atoms with Crippen molar-refractivity contribution in [2.75, 3.05) is 33.2 Å². The van der Waals surface area contributed by atoms with Gasteiger partial charge in [0.15, 0.2) is 0 Å². The smallest absolute Gasteiger partial charge is 0.296 e. The summed E-state index contributed by atoms with van der Waals surface area (Å²) in [5.41, 5.74) is 1.01. The fraction of sp³-hybridized carbons (Fsp3) is 0.294. The Morgan fingerprint density at radius 3 is 2.50 bits per heavy atom. The number of rotatable bonds is 4. The minimum atomic E-state index is -3.81. The van der Waals surface area contributed by atoms with E-state index in [9.17, 15) is 18.5 Å². The lowest BCUT2D eigenvalue weighted by atomic mass is 10.2. The first kappa shape index (κ1) is 18.5. The zero-order chi connectivity index (χ0) is 19.9. The van der Waals surface area contributed by atoms with Gasteiger partial charge in [0, 0.05) is 32.2 Å². The number of hydrogen-bond acceptors (Lipinski definition) is 7. The lowest BCUT2D eigenvalue weighted by Gasteiger charge is -2.31. The molecule has 1 aromatic heterocycles. The summed E-state index contributed by atoms with van der Waals surface area (Å²) in [7, 11) is -1.89. The quantitative estimate of drug-likeness (QED) is 0.477. The van der Waals surface area contributed by atoms with Gasteiger partial charge in [-0.05, 0) is 31.3 Å². The molecule has 0 amide bonds. The molecule has 1 fully saturated rings. The second-order valence-electron chi connectivity index (χ2n) is 6.60. The second kappa shape index (κ2) is 6.93. The van der Waals surface area contributed by atoms with Crippen LogP contribution in [0.25, 0.3) is 16.7 Å². The Morgan fingerprint density at radius 1 is 1.07 bits per heavy atom. The van der Waals surface area contributed by atoms with Crippen molar-refractivity contribution in [3.8, 4) is 5.69 Å². The predicted octanol–water partition coefficient (Wildman–Crippen LogP) is 1.26. The zero-order valence-corrected chi connectivity index (χ0v) is 15.9. The van der Waals surface area contributed by atoms with Crippen molar-refractivity contribution >= 4 is 26.7 Å². The van der Waals surface area contributed by atoms with Crippen molar-refractivity contribution in [3.05, 3.63) is 52.6 Å². The molecule has 1 aliphatic heterocycles. The summed E-state index contributed by atoms with van der Waals surface area (Å²) < 4.78 is 28.6. The Balaban J connectivity index is 1.79. The summed E-state index contributed by atoms with van der Waals surface area (Å²) in [6, 6.07) is 10.9. The summed E-state index contributed by atoms with van der Waals surface area (Å²) >= 11 is 0. The molecule has 4 rings (SSSR count). The maximum Gasteiger partial charge on any atom is 0.296 e. The van der Waals surface area contributed by atoms with E-state index in [4.69, 9.17) is 0 Å². The van der Waals surface area contributed by atoms with Gasteiger partial charge in [0.25, 0.3) is 5.69 Å². The highest BCUT2D eigenvalue weighted by atomic mass is 32.2. The molecular formula is C17H18N6O4S. The van der Waals surface area contributed by atoms with Crippen molar-refractivity contribution in [3.63, 3.8) is 0 Å². The number of benzene rings is 2. The number of nitro benzene ring substituents is 1. The highest BCUT2D eigenvalue weighted by molar-refractivity contribution is 7.89. The molecule has 10 nitrogen and oxygen atoms in total. The van der Waals surface area contributed by atoms with Gasteiger partial charge in [0.05, 0.1) is 15.3 Å². The molecule has 2 aromatic carbocycles. The molecular weight excluding hydrogens is 384 g/mol. The first-order valence-corrected chi connectivity index (χ1v) is 10.1. The number of aromatic nitrogens is 3. The van der Waals surface area contributed by atoms with Gasteiger partial charge in [-0.1, -0.05) is 17.3 Å². The van der Waals surface area contributed by atoms with Crippen LogP contribution in [-0.2, 0) is 10.0 Å². The first-order chi connectivity index (χ1) is 13.4. The average molecular weight is 402 g/mol. The van der Waals surface area contributed by atoms with Gasteiger partial charge in [0.1, 0.15) is 11.2 Å². The molecule has 1 saturated heterocycles. The Kier molecular flexibility index (Phi) is 4.57. The molecule has 0 atom stereocenters. The molecule has 0 saturated carbocycles. The van der Waals surface area contributed by atoms with Crippen LogP contribution in [0.5, 0.6) is 0 Å². The summed E-state index contributed by atoms with van der Waals surface area (Å²) in [5, 5.41) is 19.7. The topological polar surface area (TPSA) is 114 Å². The third-order valence-electron chi connectivity index (χ3n) is 4.82. The third kappa shape index (κ3) is 3.13. The van der Waals surface area contributed by atoms with E-state index in [2.05, 4.69) is 10.3 Å². The molecule has 28 heavy (non-hydrogen) atoms. The summed E-state index contributed by atoms with van der Waals surface area (Å²) in [4.78, 5) is 13.0. The van der Waals surface area contributed by atoms with E-state index in [1.54, 1.807) is 24.3 Å². The fourth-order valence-electron chi connectivity index (χ4n) is 3.21. The molecule has 0 unspecified atom stereocenters. The molecule has 0 aliphatic carbocycles. The predicted molar refractivity (Wildman–Crippen MR) is 102 cm³/mol. The van der Waals surface area contributed by atoms with Crippen LogP contribution in [0.15, 0.2) is 47.4 Å². The van der Waals surface area contributed by atoms with Gasteiger partial charge in [0.2, 0.25) is 10.0 Å². The summed E-state index contributed by atoms with van der Waals surface area (Å²) in [6.07, 6.45) is 0. The number of nitrogens with zero attached hydrogens (tertiary/aromatic N) is 6. The molecule has 1 aliphatic rings. The van der Waals surface area contributed by atoms with Gasteiger partial charge in [-0.2, -0.15) is 4.31 Å². The number of piperazine rings is 1. The fourth-order valence-corrected chi connectivity index (χ4v) is 4.66. The lowest BCUT2D eigenvalue weighted by molar-refractivity contribution is -0.384. The van der Waals surface area contributed by atoms with E-state index in [-0.39, 0.29) is 16.3 Å². The van der Waals surface area contributed by atoms with E-state index in [1.165, 1.54) is 21.1 Å². The summed E-state index contributed by atoms with van der Waals surface area (Å²) in [5.74, 6) is 0. The van der Waals surface area contributed by atoms with E-state index in [0.29, 0.717) is 37.2 Å². The van der Waals surface area contributed by atoms with Gasteiger partial charge in [-0.15, -0.1) is 5.10 Å². The number of para-hydroxylation sites is 1. The maximum absolute atomic E-state index is 12.9. The molecule has 146 valence electrons. The molecule has 0 spiro atoms. The van der Waals surface area contributed by atoms with Crippen LogP contribution in [-0.4, -0.2) is 70.8 Å². The van der Waals surface area contributed by atoms with Gasteiger partial charge < -0.3 is 4.90 Å². The first-order valence-electron chi connectivity index (χ1n) is 8.66. The molecule has 0 N–H and O–H groups in total. The Labute approximate surface area is 161 Å². The number of fused-ring (bicyclic) bond motifs is 1. The second-order valence-corrected chi connectivity index (χ2v) is 8.54. The van der Waals surface area contributed by atoms with Crippen LogP contribution < -0.4 is 0 Å². The molecule has 0 bridgehead atoms. The highest BCUT2D eigenvalue weighted by Gasteiger charge is 2.30. The van der Waals surface area contributed by atoms with Gasteiger partial charge >= 0.3 is 0 Å². The average Bonchev–Trinajstić information content (AvgIpc) is 3.12. The van der Waals surface area contributed by atoms with Crippen molar-refractivity contribution in [2.45, 2.75) is 4.90 Å². The lowest BCUT2D eigenvalue weighted by Crippen LogP contribution is -2.47. The SMILES string of the molecule is CN1CCN(S(=O)(=O)c2ccc(-n3nnc4ccccc43)c([N+](=O)[O-])c2)CC1. The van der Waals surface area contributed by atoms with Gasteiger partial charge in [-0.25, -0.2) is 13.1 Å². The minimum absolute atomic E-state index is 0.100. The summed E-state index contributed by atoms with van der Waals surface area (Å²) in [6.45, 7) is 1.93. The van der Waals surface area contributed by atoms with E-state index >= 15 is 0 Å². The Morgan fingerprint density at radius 2 is 1.79 bits per heavy atom. The normalized spacial score (nSPS) is 16.5. The third-order valence-corrected chi connectivity index (χ3v) is 6.72. The minimum Gasteiger partial charge on any atom is -0.304 e. The number of nitro groups is 1. The van der Waals surface area contributed by atoms with Crippen LogP contribution in [0.1, 0.15) is 0 Å². The van der Waals surface area contributed by atoms with Crippen LogP contribution in [0.4, 0.5) is 5.69 Å². The Hall–Kier alpha value is -2.89. The van der Waals surface area contributed by atoms with Crippen molar-refractivity contribution in [1.82, 2.24) is 24.2 Å². The maximum atomic E-state index is 12.9. The van der Waals surface area contributed by atoms with Crippen molar-refractivity contribution in [1.29, 1.82) is 0 Å². The number of hydrogen-bond donors (Lipinski definition) is 0. The van der Waals surface area contributed by atoms with Gasteiger partial charge in [-0.3, -0.25) is 10.1 Å². The zero-order valence-electron chi connectivity index (χ0n) is 15.1. The standard InChI is InChI=1S/C17H18N6O4S/c1-20-8-10-21(11-9-20)28(26,27)13-6-7-16(17(12-13)23(24)25)22-15-5-3-2-4-14(15)18-19-22/h2-7,12H,8-11H2,1H3. The van der Waals surface area contributed by atoms with E-state index < -0.39 is 14.9 Å². The molecule has 0 radical (unpaired) electrons. The number of sulfonamides is 1. The van der Waals surface area contributed by atoms with Crippen LogP contribution in [0, 0.1) is 10.1 Å². The van der Waals surface area contributed by atoms with Crippen LogP contribution in [0.3, 0.4) is 0 Å². The van der Waals surface area contributed by atoms with Crippen LogP contribution in [0.2, 0.25) is 0 Å². The van der Waals surface area contributed by atoms with Crippen LogP contribution >= 0.6 is 0 Å². The highest BCUT2D eigenvalue weighted by Crippen LogP contribution is 2.29. The van der Waals surface area contributed by atoms with E-state index in [0.717, 1.165) is 6.07 Å². The molecule has 11 heteroatoms. The van der Waals surface area contributed by atoms with E-state index in [1.807, 2.05) is 11.9 Å². The number of likely N-dealkylation sites (N-methyl/N-ethyl adjacent to an activating group) is 1. The largest absolute Gasteiger partial charge is 0.304 e. The molecule has 2 heterocycles.